The molecule has 1 amide bonds. The molecular formula is C19H19ClN4O3S. The van der Waals surface area contributed by atoms with Crippen LogP contribution in [0.4, 0.5) is 11.4 Å². The highest BCUT2D eigenvalue weighted by Crippen LogP contribution is 2.20. The van der Waals surface area contributed by atoms with E-state index in [1.54, 1.807) is 18.2 Å². The molecule has 9 heteroatoms. The monoisotopic (exact) mass is 418 g/mol. The van der Waals surface area contributed by atoms with Gasteiger partial charge in [-0.05, 0) is 42.5 Å². The van der Waals surface area contributed by atoms with Crippen LogP contribution in [0.2, 0.25) is 5.02 Å². The third-order valence-corrected chi connectivity index (χ3v) is 5.93. The maximum Gasteiger partial charge on any atom is 0.243 e. The van der Waals surface area contributed by atoms with Crippen molar-refractivity contribution >= 4 is 38.9 Å². The zero-order valence-electron chi connectivity index (χ0n) is 15.1. The van der Waals surface area contributed by atoms with Crippen molar-refractivity contribution in [1.29, 1.82) is 5.26 Å². The van der Waals surface area contributed by atoms with Crippen LogP contribution in [0.1, 0.15) is 5.56 Å². The fraction of sp³-hybridized carbons (Fsp3) is 0.158. The van der Waals surface area contributed by atoms with Gasteiger partial charge >= 0.3 is 0 Å². The van der Waals surface area contributed by atoms with Crippen LogP contribution in [0.25, 0.3) is 0 Å². The molecule has 7 nitrogen and oxygen atoms in total. The third kappa shape index (κ3) is 5.33. The second-order valence-electron chi connectivity index (χ2n) is 5.81. The summed E-state index contributed by atoms with van der Waals surface area (Å²) < 4.78 is 25.9. The Morgan fingerprint density at radius 3 is 2.46 bits per heavy atom. The van der Waals surface area contributed by atoms with Gasteiger partial charge in [0.25, 0.3) is 0 Å². The highest BCUT2D eigenvalue weighted by atomic mass is 35.5. The first-order chi connectivity index (χ1) is 13.3. The van der Waals surface area contributed by atoms with E-state index in [0.717, 1.165) is 0 Å². The van der Waals surface area contributed by atoms with E-state index in [1.807, 2.05) is 6.07 Å². The smallest absolute Gasteiger partial charge is 0.243 e. The molecule has 0 saturated carbocycles. The molecule has 146 valence electrons. The number of hydrogen-bond acceptors (Lipinski definition) is 5. The number of benzene rings is 2. The number of nitrogens with zero attached hydrogens (tertiary/aromatic N) is 2. The summed E-state index contributed by atoms with van der Waals surface area (Å²) in [6, 6.07) is 12.7. The van der Waals surface area contributed by atoms with E-state index in [0.29, 0.717) is 16.9 Å². The Kier molecular flexibility index (Phi) is 7.18. The topological polar surface area (TPSA) is 102 Å². The summed E-state index contributed by atoms with van der Waals surface area (Å²) in [6.45, 7) is 3.71. The van der Waals surface area contributed by atoms with Gasteiger partial charge in [0, 0.05) is 25.0 Å². The minimum absolute atomic E-state index is 0.0277. The van der Waals surface area contributed by atoms with Gasteiger partial charge in [-0.3, -0.25) is 4.79 Å². The van der Waals surface area contributed by atoms with Crippen LogP contribution >= 0.6 is 11.6 Å². The Morgan fingerprint density at radius 1 is 1.25 bits per heavy atom. The molecule has 0 aliphatic carbocycles. The average molecular weight is 419 g/mol. The van der Waals surface area contributed by atoms with Gasteiger partial charge in [0.1, 0.15) is 6.07 Å². The Hall–Kier alpha value is -2.86. The number of sulfonamides is 1. The van der Waals surface area contributed by atoms with Crippen LogP contribution in [0.15, 0.2) is 60.0 Å². The van der Waals surface area contributed by atoms with Gasteiger partial charge in [-0.2, -0.15) is 9.57 Å². The number of rotatable bonds is 8. The number of likely N-dealkylation sites (N-methyl/N-ethyl adjacent to an activating group) is 1. The number of amides is 1. The van der Waals surface area contributed by atoms with Gasteiger partial charge < -0.3 is 10.6 Å². The molecule has 0 bridgehead atoms. The molecule has 0 spiro atoms. The number of halogens is 1. The Balaban J connectivity index is 1.96. The van der Waals surface area contributed by atoms with Crippen LogP contribution in [0.5, 0.6) is 0 Å². The van der Waals surface area contributed by atoms with Crippen LogP contribution in [-0.4, -0.2) is 38.8 Å². The lowest BCUT2D eigenvalue weighted by molar-refractivity contribution is -0.114. The molecule has 0 saturated heterocycles. The lowest BCUT2D eigenvalue weighted by Crippen LogP contribution is -2.27. The second-order valence-corrected chi connectivity index (χ2v) is 8.26. The molecule has 0 heterocycles. The second kappa shape index (κ2) is 9.37. The fourth-order valence-electron chi connectivity index (χ4n) is 2.28. The molecule has 0 unspecified atom stereocenters. The summed E-state index contributed by atoms with van der Waals surface area (Å²) in [6.07, 6.45) is 1.51. The average Bonchev–Trinajstić information content (AvgIpc) is 2.67. The van der Waals surface area contributed by atoms with Gasteiger partial charge in [0.2, 0.25) is 15.9 Å². The number of carbonyl (C=O) groups excluding carboxylic acids is 1. The first-order valence-corrected chi connectivity index (χ1v) is 10.0. The van der Waals surface area contributed by atoms with Crippen molar-refractivity contribution in [1.82, 2.24) is 4.31 Å². The van der Waals surface area contributed by atoms with Crippen molar-refractivity contribution in [3.05, 3.63) is 65.7 Å². The van der Waals surface area contributed by atoms with Crippen LogP contribution < -0.4 is 10.6 Å². The number of nitriles is 1. The quantitative estimate of drug-likeness (QED) is 0.641. The van der Waals surface area contributed by atoms with Crippen molar-refractivity contribution < 1.29 is 13.2 Å². The molecular weight excluding hydrogens is 400 g/mol. The van der Waals surface area contributed by atoms with Crippen molar-refractivity contribution in [2.75, 3.05) is 30.8 Å². The Morgan fingerprint density at radius 2 is 1.89 bits per heavy atom. The third-order valence-electron chi connectivity index (χ3n) is 3.78. The maximum absolute atomic E-state index is 12.3. The molecule has 28 heavy (non-hydrogen) atoms. The number of nitrogens with one attached hydrogen (secondary N) is 2. The minimum Gasteiger partial charge on any atom is -0.376 e. The molecule has 0 aliphatic heterocycles. The molecule has 2 aromatic rings. The minimum atomic E-state index is -3.58. The lowest BCUT2D eigenvalue weighted by Gasteiger charge is -2.15. The summed E-state index contributed by atoms with van der Waals surface area (Å²) in [5, 5.41) is 14.7. The van der Waals surface area contributed by atoms with Crippen molar-refractivity contribution in [2.45, 2.75) is 4.90 Å². The molecule has 2 aromatic carbocycles. The van der Waals surface area contributed by atoms with E-state index < -0.39 is 10.0 Å². The normalized spacial score (nSPS) is 10.9. The highest BCUT2D eigenvalue weighted by Gasteiger charge is 2.19. The molecule has 2 rings (SSSR count). The largest absolute Gasteiger partial charge is 0.376 e. The van der Waals surface area contributed by atoms with Crippen molar-refractivity contribution in [2.24, 2.45) is 0 Å². The van der Waals surface area contributed by atoms with E-state index >= 15 is 0 Å². The molecule has 0 fully saturated rings. The molecule has 0 radical (unpaired) electrons. The predicted molar refractivity (Wildman–Crippen MR) is 110 cm³/mol. The molecule has 0 aliphatic rings. The zero-order valence-corrected chi connectivity index (χ0v) is 16.7. The first kappa shape index (κ1) is 21.4. The maximum atomic E-state index is 12.3. The molecule has 0 atom stereocenters. The first-order valence-electron chi connectivity index (χ1n) is 8.18. The summed E-state index contributed by atoms with van der Waals surface area (Å²) in [5.41, 5.74) is 1.40. The van der Waals surface area contributed by atoms with E-state index in [2.05, 4.69) is 17.2 Å². The van der Waals surface area contributed by atoms with Crippen LogP contribution in [0, 0.1) is 11.3 Å². The van der Waals surface area contributed by atoms with Gasteiger partial charge in [0.15, 0.2) is 0 Å². The van der Waals surface area contributed by atoms with E-state index in [9.17, 15) is 13.2 Å². The van der Waals surface area contributed by atoms with Gasteiger partial charge in [-0.1, -0.05) is 17.7 Å². The summed E-state index contributed by atoms with van der Waals surface area (Å²) in [7, 11) is -2.10. The zero-order chi connectivity index (χ0) is 20.7. The van der Waals surface area contributed by atoms with Gasteiger partial charge in [0.05, 0.1) is 22.0 Å². The van der Waals surface area contributed by atoms with Crippen LogP contribution in [0.3, 0.4) is 0 Å². The lowest BCUT2D eigenvalue weighted by atomic mass is 10.2. The van der Waals surface area contributed by atoms with Gasteiger partial charge in [-0.25, -0.2) is 8.42 Å². The molecule has 0 aromatic heterocycles. The van der Waals surface area contributed by atoms with Crippen LogP contribution in [-0.2, 0) is 14.8 Å². The fourth-order valence-corrected chi connectivity index (χ4v) is 3.64. The summed E-state index contributed by atoms with van der Waals surface area (Å²) in [4.78, 5) is 12.2. The van der Waals surface area contributed by atoms with Gasteiger partial charge in [-0.15, -0.1) is 6.58 Å². The van der Waals surface area contributed by atoms with Crippen molar-refractivity contribution in [3.63, 3.8) is 0 Å². The van der Waals surface area contributed by atoms with E-state index in [1.165, 1.54) is 41.7 Å². The molecule has 2 N–H and O–H groups in total. The highest BCUT2D eigenvalue weighted by molar-refractivity contribution is 7.89. The Labute approximate surface area is 169 Å². The van der Waals surface area contributed by atoms with E-state index in [-0.39, 0.29) is 28.9 Å². The Bertz CT molecular complexity index is 1010. The summed E-state index contributed by atoms with van der Waals surface area (Å²) >= 11 is 5.93. The number of hydrogen-bond donors (Lipinski definition) is 2. The number of anilines is 2. The SMILES string of the molecule is C=CCN(C)S(=O)(=O)c1ccc(NCC(=O)Nc2ccc(C#N)c(Cl)c2)cc1. The standard InChI is InChI=1S/C19H19ClN4O3S/c1-3-10-24(2)28(26,27)17-8-6-15(7-9-17)22-13-19(25)23-16-5-4-14(12-21)18(20)11-16/h3-9,11,22H,1,10,13H2,2H3,(H,23,25). The summed E-state index contributed by atoms with van der Waals surface area (Å²) in [5.74, 6) is -0.316. The van der Waals surface area contributed by atoms with E-state index in [4.69, 9.17) is 16.9 Å². The predicted octanol–water partition coefficient (Wildman–Crippen LogP) is 3.07. The van der Waals surface area contributed by atoms with Crippen molar-refractivity contribution in [3.8, 4) is 6.07 Å². The number of carbonyl (C=O) groups is 1.